The molecule has 0 fully saturated rings. The number of carbonyl (C=O) groups excluding carboxylic acids is 1. The number of hydrogen-bond acceptors (Lipinski definition) is 4. The number of carbonyl (C=O) groups is 1. The van der Waals surface area contributed by atoms with Crippen LogP contribution in [0.4, 0.5) is 11.5 Å². The molecule has 2 heterocycles. The zero-order valence-electron chi connectivity index (χ0n) is 16.6. The summed E-state index contributed by atoms with van der Waals surface area (Å²) in [4.78, 5) is 12.9. The molecule has 0 spiro atoms. The second-order valence-electron chi connectivity index (χ2n) is 7.30. The quantitative estimate of drug-likeness (QED) is 0.663. The monoisotopic (exact) mass is 444 g/mol. The zero-order valence-corrected chi connectivity index (χ0v) is 18.2. The first kappa shape index (κ1) is 20.4. The summed E-state index contributed by atoms with van der Waals surface area (Å²) in [6.07, 6.45) is 2.64. The number of nitrogens with zero attached hydrogens (tertiary/aromatic N) is 3. The molecule has 7 nitrogen and oxygen atoms in total. The third-order valence-corrected chi connectivity index (χ3v) is 6.39. The molecule has 0 aliphatic carbocycles. The molecule has 9 heteroatoms. The van der Waals surface area contributed by atoms with Crippen molar-refractivity contribution in [3.63, 3.8) is 0 Å². The minimum Gasteiger partial charge on any atom is -0.306 e. The van der Waals surface area contributed by atoms with Crippen LogP contribution in [-0.4, -0.2) is 36.9 Å². The molecule has 0 saturated heterocycles. The fourth-order valence-corrected chi connectivity index (χ4v) is 4.73. The predicted octanol–water partition coefficient (Wildman–Crippen LogP) is 3.80. The topological polar surface area (TPSA) is 84.3 Å². The van der Waals surface area contributed by atoms with Crippen molar-refractivity contribution in [3.8, 4) is 5.69 Å². The van der Waals surface area contributed by atoms with Gasteiger partial charge in [0.15, 0.2) is 0 Å². The third-order valence-electron chi connectivity index (χ3n) is 4.96. The van der Waals surface area contributed by atoms with Crippen LogP contribution in [0, 0.1) is 6.92 Å². The van der Waals surface area contributed by atoms with Crippen molar-refractivity contribution in [1.29, 1.82) is 0 Å². The third kappa shape index (κ3) is 4.06. The van der Waals surface area contributed by atoms with Gasteiger partial charge in [0.1, 0.15) is 5.82 Å². The van der Waals surface area contributed by atoms with E-state index >= 15 is 0 Å². The molecule has 30 heavy (non-hydrogen) atoms. The maximum absolute atomic E-state index is 12.9. The fourth-order valence-electron chi connectivity index (χ4n) is 3.60. The van der Waals surface area contributed by atoms with Gasteiger partial charge in [0.2, 0.25) is 10.0 Å². The van der Waals surface area contributed by atoms with E-state index in [-0.39, 0.29) is 5.91 Å². The van der Waals surface area contributed by atoms with E-state index in [1.807, 2.05) is 19.1 Å². The molecule has 4 rings (SSSR count). The Morgan fingerprint density at radius 3 is 2.57 bits per heavy atom. The molecule has 2 aromatic carbocycles. The first-order valence-corrected chi connectivity index (χ1v) is 11.7. The van der Waals surface area contributed by atoms with E-state index in [0.717, 1.165) is 23.4 Å². The summed E-state index contributed by atoms with van der Waals surface area (Å²) in [5.74, 6) is 0.250. The molecule has 1 N–H and O–H groups in total. The van der Waals surface area contributed by atoms with Crippen molar-refractivity contribution in [2.75, 3.05) is 22.4 Å². The number of sulfonamides is 1. The van der Waals surface area contributed by atoms with E-state index in [2.05, 4.69) is 10.4 Å². The Bertz CT molecular complexity index is 1220. The number of halogens is 1. The number of fused-ring (bicyclic) bond motifs is 1. The molecule has 0 bridgehead atoms. The van der Waals surface area contributed by atoms with Crippen LogP contribution in [0.1, 0.15) is 28.0 Å². The summed E-state index contributed by atoms with van der Waals surface area (Å²) in [6.45, 7) is 2.30. The van der Waals surface area contributed by atoms with Crippen LogP contribution in [0.15, 0.2) is 48.5 Å². The molecule has 0 atom stereocenters. The first-order chi connectivity index (χ1) is 14.2. The molecule has 1 aliphatic rings. The Kier molecular flexibility index (Phi) is 5.29. The molecule has 156 valence electrons. The first-order valence-electron chi connectivity index (χ1n) is 9.47. The number of aromatic nitrogens is 2. The maximum Gasteiger partial charge on any atom is 0.256 e. The lowest BCUT2D eigenvalue weighted by Crippen LogP contribution is -2.34. The molecule has 1 aliphatic heterocycles. The second-order valence-corrected chi connectivity index (χ2v) is 9.64. The number of aryl methyl sites for hydroxylation is 2. The SMILES string of the molecule is Cc1cc(NC(=O)c2ccc3c(c2)CCCN3S(C)(=O)=O)n(-c2ccc(Cl)cc2)n1. The number of benzene rings is 2. The summed E-state index contributed by atoms with van der Waals surface area (Å²) in [5, 5.41) is 7.97. The molecular formula is C21H21ClN4O3S. The Balaban J connectivity index is 1.62. The predicted molar refractivity (Wildman–Crippen MR) is 118 cm³/mol. The minimum absolute atomic E-state index is 0.288. The number of hydrogen-bond donors (Lipinski definition) is 1. The number of anilines is 2. The molecule has 0 saturated carbocycles. The van der Waals surface area contributed by atoms with Crippen LogP contribution in [-0.2, 0) is 16.4 Å². The van der Waals surface area contributed by atoms with E-state index in [0.29, 0.717) is 35.1 Å². The molecule has 1 amide bonds. The average molecular weight is 445 g/mol. The van der Waals surface area contributed by atoms with Crippen LogP contribution in [0.2, 0.25) is 5.02 Å². The van der Waals surface area contributed by atoms with E-state index < -0.39 is 10.0 Å². The van der Waals surface area contributed by atoms with Gasteiger partial charge in [0.25, 0.3) is 5.91 Å². The highest BCUT2D eigenvalue weighted by molar-refractivity contribution is 7.92. The summed E-state index contributed by atoms with van der Waals surface area (Å²) >= 11 is 5.96. The summed E-state index contributed by atoms with van der Waals surface area (Å²) in [7, 11) is -3.35. The van der Waals surface area contributed by atoms with E-state index in [1.165, 1.54) is 10.6 Å². The van der Waals surface area contributed by atoms with Crippen molar-refractivity contribution in [3.05, 3.63) is 70.4 Å². The van der Waals surface area contributed by atoms with Crippen molar-refractivity contribution >= 4 is 39.0 Å². The highest BCUT2D eigenvalue weighted by Gasteiger charge is 2.25. The largest absolute Gasteiger partial charge is 0.306 e. The fraction of sp³-hybridized carbons (Fsp3) is 0.238. The van der Waals surface area contributed by atoms with Crippen molar-refractivity contribution < 1.29 is 13.2 Å². The van der Waals surface area contributed by atoms with Gasteiger partial charge in [-0.25, -0.2) is 13.1 Å². The lowest BCUT2D eigenvalue weighted by molar-refractivity contribution is 0.102. The van der Waals surface area contributed by atoms with Gasteiger partial charge >= 0.3 is 0 Å². The summed E-state index contributed by atoms with van der Waals surface area (Å²) in [5.41, 5.74) is 3.49. The second kappa shape index (κ2) is 7.77. The smallest absolute Gasteiger partial charge is 0.256 e. The highest BCUT2D eigenvalue weighted by atomic mass is 35.5. The van der Waals surface area contributed by atoms with Gasteiger partial charge in [-0.3, -0.25) is 9.10 Å². The molecule has 1 aromatic heterocycles. The highest BCUT2D eigenvalue weighted by Crippen LogP contribution is 2.30. The summed E-state index contributed by atoms with van der Waals surface area (Å²) in [6, 6.07) is 14.1. The van der Waals surface area contributed by atoms with Crippen molar-refractivity contribution in [2.24, 2.45) is 0 Å². The van der Waals surface area contributed by atoms with Crippen LogP contribution >= 0.6 is 11.6 Å². The molecule has 0 unspecified atom stereocenters. The van der Waals surface area contributed by atoms with Crippen molar-refractivity contribution in [1.82, 2.24) is 9.78 Å². The van der Waals surface area contributed by atoms with Gasteiger partial charge < -0.3 is 5.32 Å². The standard InChI is InChI=1S/C21H21ClN4O3S/c1-14-12-20(26(24-14)18-8-6-17(22)7-9-18)23-21(27)16-5-10-19-15(13-16)4-3-11-25(19)30(2,28)29/h5-10,12-13H,3-4,11H2,1-2H3,(H,23,27). The lowest BCUT2D eigenvalue weighted by Gasteiger charge is -2.29. The van der Waals surface area contributed by atoms with Crippen molar-refractivity contribution in [2.45, 2.75) is 19.8 Å². The Hall–Kier alpha value is -2.84. The molecule has 3 aromatic rings. The zero-order chi connectivity index (χ0) is 21.5. The van der Waals surface area contributed by atoms with Gasteiger partial charge in [-0.2, -0.15) is 5.10 Å². The van der Waals surface area contributed by atoms with Gasteiger partial charge in [-0.05, 0) is 67.8 Å². The Morgan fingerprint density at radius 2 is 1.87 bits per heavy atom. The van der Waals surface area contributed by atoms with Crippen LogP contribution in [0.5, 0.6) is 0 Å². The van der Waals surface area contributed by atoms with Crippen LogP contribution in [0.3, 0.4) is 0 Å². The van der Waals surface area contributed by atoms with Gasteiger partial charge in [-0.1, -0.05) is 11.6 Å². The summed E-state index contributed by atoms with van der Waals surface area (Å²) < 4.78 is 27.1. The Morgan fingerprint density at radius 1 is 1.13 bits per heavy atom. The minimum atomic E-state index is -3.35. The van der Waals surface area contributed by atoms with Crippen LogP contribution in [0.25, 0.3) is 5.69 Å². The average Bonchev–Trinajstić information content (AvgIpc) is 3.07. The number of amides is 1. The van der Waals surface area contributed by atoms with Gasteiger partial charge in [0.05, 0.1) is 23.3 Å². The normalized spacial score (nSPS) is 13.8. The van der Waals surface area contributed by atoms with Crippen LogP contribution < -0.4 is 9.62 Å². The Labute approximate surface area is 180 Å². The van der Waals surface area contributed by atoms with Gasteiger partial charge in [0, 0.05) is 23.2 Å². The van der Waals surface area contributed by atoms with Gasteiger partial charge in [-0.15, -0.1) is 0 Å². The van der Waals surface area contributed by atoms with E-state index in [1.54, 1.807) is 41.1 Å². The number of nitrogens with one attached hydrogen (secondary N) is 1. The lowest BCUT2D eigenvalue weighted by atomic mass is 10.0. The maximum atomic E-state index is 12.9. The number of rotatable bonds is 4. The molecule has 0 radical (unpaired) electrons. The van der Waals surface area contributed by atoms with E-state index in [4.69, 9.17) is 11.6 Å². The molecular weight excluding hydrogens is 424 g/mol. The van der Waals surface area contributed by atoms with E-state index in [9.17, 15) is 13.2 Å².